The number of carboxylic acids is 8. The summed E-state index contributed by atoms with van der Waals surface area (Å²) in [6.07, 6.45) is -7.46. The molecule has 20 nitrogen and oxygen atoms in total. The Labute approximate surface area is 374 Å². The molecule has 3 aromatic heterocycles. The number of carboxylic acid groups (broad SMARTS) is 8. The first-order chi connectivity index (χ1) is 29.4. The summed E-state index contributed by atoms with van der Waals surface area (Å²) in [5.74, 6) is -14.9. The van der Waals surface area contributed by atoms with Gasteiger partial charge >= 0.3 is 16.8 Å². The van der Waals surface area contributed by atoms with Crippen molar-refractivity contribution in [1.29, 1.82) is 0 Å². The van der Waals surface area contributed by atoms with E-state index in [1.165, 1.54) is 39.0 Å². The van der Waals surface area contributed by atoms with Crippen molar-refractivity contribution in [3.8, 4) is 0 Å². The van der Waals surface area contributed by atoms with Crippen LogP contribution in [0.25, 0.3) is 22.1 Å². The second-order valence-electron chi connectivity index (χ2n) is 16.2. The average Bonchev–Trinajstić information content (AvgIpc) is 3.80. The number of fused-ring (bicyclic) bond motifs is 8. The van der Waals surface area contributed by atoms with Crippen LogP contribution < -0.4 is 50.8 Å². The summed E-state index contributed by atoms with van der Waals surface area (Å²) in [7, 11) is 0. The third-order valence-electron chi connectivity index (χ3n) is 11.9. The van der Waals surface area contributed by atoms with Crippen LogP contribution in [0.15, 0.2) is 18.2 Å². The Kier molecular flexibility index (Phi) is 15.5. The van der Waals surface area contributed by atoms with E-state index in [9.17, 15) is 79.2 Å². The van der Waals surface area contributed by atoms with Gasteiger partial charge in [0, 0.05) is 106 Å². The molecule has 21 heteroatoms. The van der Waals surface area contributed by atoms with Crippen LogP contribution in [0.4, 0.5) is 0 Å². The van der Waals surface area contributed by atoms with Gasteiger partial charge in [-0.25, -0.2) is 0 Å². The van der Waals surface area contributed by atoms with Crippen molar-refractivity contribution in [2.75, 3.05) is 0 Å². The molecule has 2 aliphatic heterocycles. The van der Waals surface area contributed by atoms with E-state index in [4.69, 9.17) is 9.97 Å². The molecule has 0 amide bonds. The molecule has 0 spiro atoms. The van der Waals surface area contributed by atoms with E-state index in [1.54, 1.807) is 0 Å². The molecular formula is C43H38CoN4O16-8. The number of hydrogen-bond acceptors (Lipinski definition) is 18. The van der Waals surface area contributed by atoms with Gasteiger partial charge in [-0.1, -0.05) is 48.2 Å². The molecule has 0 aliphatic carbocycles. The van der Waals surface area contributed by atoms with E-state index in [0.717, 1.165) is 0 Å². The first kappa shape index (κ1) is 50.0. The normalized spacial score (nSPS) is 19.0. The molecule has 0 fully saturated rings. The van der Waals surface area contributed by atoms with Gasteiger partial charge in [-0.2, -0.15) is 0 Å². The summed E-state index contributed by atoms with van der Waals surface area (Å²) in [5.41, 5.74) is -4.27. The molecule has 8 bridgehead atoms. The third kappa shape index (κ3) is 10.8. The largest absolute Gasteiger partial charge is 2.00 e. The SMILES string of the molecule is Cc1c2nc(cc3nc(cc4[n-]c(cc5[n-]c1c(CC(=O)[O-])c5CCC(=O)[O-])c(CCC(=O)[O-])c4CC(=O)[O-])[C@@H](CCC(=O)[O-])[C@]3(C)CC(=O)[O-])[C@@H](CCC(=O)[O-])[C@]2(C)CC(=O)[O-].[Co+2]. The third-order valence-corrected chi connectivity index (χ3v) is 11.9. The summed E-state index contributed by atoms with van der Waals surface area (Å²) < 4.78 is 0. The smallest absolute Gasteiger partial charge is 0.657 e. The van der Waals surface area contributed by atoms with Gasteiger partial charge in [-0.15, -0.1) is 22.1 Å². The molecule has 0 saturated heterocycles. The quantitative estimate of drug-likeness (QED) is 0.102. The molecule has 4 atom stereocenters. The number of aliphatic carboxylic acids is 8. The number of carbonyl (C=O) groups excluding carboxylic acids is 8. The fraction of sp³-hybridized carbons (Fsp3) is 0.442. The molecule has 0 unspecified atom stereocenters. The molecule has 343 valence electrons. The predicted octanol–water partition coefficient (Wildman–Crippen LogP) is -6.75. The molecule has 0 aromatic carbocycles. The summed E-state index contributed by atoms with van der Waals surface area (Å²) in [4.78, 5) is 116. The van der Waals surface area contributed by atoms with Crippen molar-refractivity contribution in [3.63, 3.8) is 0 Å². The van der Waals surface area contributed by atoms with E-state index >= 15 is 0 Å². The summed E-state index contributed by atoms with van der Waals surface area (Å²) in [5, 5.41) is 97.0. The number of hydrogen-bond donors (Lipinski definition) is 0. The second kappa shape index (κ2) is 19.8. The number of aryl methyl sites for hydroxylation is 3. The van der Waals surface area contributed by atoms with Crippen LogP contribution in [0.2, 0.25) is 0 Å². The zero-order chi connectivity index (χ0) is 46.7. The number of aromatic nitrogens is 4. The topological polar surface area (TPSA) is 375 Å². The standard InChI is InChI=1S/C43H48N4O16.Co/c1-19-40-23(13-37(58)59)21(5-9-33(50)51)27(46-40)14-26-20(4-8-32(48)49)22(12-36(56)57)28(44-26)15-29-24(6-10-34(52)53)42(2,17-38(60)61)31(45-29)16-30-25(7-11-35(54)55)43(3,18-39(62)63)41(19)47-30;/h14-16,24-25H,4-13,17-18H2,1-3H3,(H10,44,45,46,47,48,49,50,51,52,53,54,55,56,57,58,59,60,61,62,63);/q;+2/p-10/t24-,25-,42+,43+;/m1./s1. The maximum atomic E-state index is 12.5. The van der Waals surface area contributed by atoms with Crippen molar-refractivity contribution in [1.82, 2.24) is 19.9 Å². The number of rotatable bonds is 20. The van der Waals surface area contributed by atoms with Gasteiger partial charge in [0.05, 0.1) is 0 Å². The van der Waals surface area contributed by atoms with Crippen molar-refractivity contribution in [2.45, 2.75) is 120 Å². The number of nitrogens with zero attached hydrogens (tertiary/aromatic N) is 4. The van der Waals surface area contributed by atoms with Crippen molar-refractivity contribution in [3.05, 3.63) is 68.8 Å². The van der Waals surface area contributed by atoms with Gasteiger partial charge in [-0.05, 0) is 82.8 Å². The van der Waals surface area contributed by atoms with Crippen molar-refractivity contribution in [2.24, 2.45) is 0 Å². The molecule has 2 aliphatic rings. The van der Waals surface area contributed by atoms with E-state index < -0.39 is 135 Å². The Hall–Kier alpha value is -6.61. The Morgan fingerprint density at radius 2 is 0.969 bits per heavy atom. The fourth-order valence-corrected chi connectivity index (χ4v) is 9.13. The first-order valence-electron chi connectivity index (χ1n) is 19.7. The fourth-order valence-electron chi connectivity index (χ4n) is 9.13. The Bertz CT molecular complexity index is 2600. The van der Waals surface area contributed by atoms with E-state index in [2.05, 4.69) is 9.97 Å². The molecule has 5 rings (SSSR count). The van der Waals surface area contributed by atoms with Crippen LogP contribution >= 0.6 is 0 Å². The Balaban J connectivity index is 0.00000898. The van der Waals surface area contributed by atoms with Crippen LogP contribution in [0.5, 0.6) is 0 Å². The van der Waals surface area contributed by atoms with Gasteiger partial charge in [-0.3, -0.25) is 9.97 Å². The molecule has 64 heavy (non-hydrogen) atoms. The van der Waals surface area contributed by atoms with Crippen LogP contribution in [0.1, 0.15) is 128 Å². The minimum atomic E-state index is -1.68. The molecule has 5 heterocycles. The number of carbonyl (C=O) groups is 8. The van der Waals surface area contributed by atoms with Gasteiger partial charge in [0.25, 0.3) is 0 Å². The van der Waals surface area contributed by atoms with E-state index in [1.807, 2.05) is 0 Å². The molecule has 0 saturated carbocycles. The molecule has 3 aromatic rings. The molecule has 1 radical (unpaired) electrons. The van der Waals surface area contributed by atoms with Gasteiger partial charge in [0.1, 0.15) is 0 Å². The summed E-state index contributed by atoms with van der Waals surface area (Å²) in [6, 6.07) is 3.79. The van der Waals surface area contributed by atoms with Gasteiger partial charge in [0.2, 0.25) is 0 Å². The predicted molar refractivity (Wildman–Crippen MR) is 196 cm³/mol. The maximum absolute atomic E-state index is 12.5. The average molecular weight is 926 g/mol. The van der Waals surface area contributed by atoms with Crippen molar-refractivity contribution < 1.29 is 96.0 Å². The van der Waals surface area contributed by atoms with Crippen LogP contribution in [-0.2, 0) is 91.6 Å². The van der Waals surface area contributed by atoms with E-state index in [-0.39, 0.29) is 102 Å². The van der Waals surface area contributed by atoms with Gasteiger partial charge < -0.3 is 89.2 Å². The van der Waals surface area contributed by atoms with Crippen LogP contribution in [0.3, 0.4) is 0 Å². The zero-order valence-electron chi connectivity index (χ0n) is 34.5. The first-order valence-corrected chi connectivity index (χ1v) is 19.7. The summed E-state index contributed by atoms with van der Waals surface area (Å²) in [6.45, 7) is 4.28. The van der Waals surface area contributed by atoms with E-state index in [0.29, 0.717) is 0 Å². The van der Waals surface area contributed by atoms with Crippen LogP contribution in [-0.4, -0.2) is 57.7 Å². The molecular weight excluding hydrogens is 887 g/mol. The minimum absolute atomic E-state index is 0. The minimum Gasteiger partial charge on any atom is -0.657 e. The summed E-state index contributed by atoms with van der Waals surface area (Å²) >= 11 is 0. The Morgan fingerprint density at radius 3 is 1.47 bits per heavy atom. The monoisotopic (exact) mass is 925 g/mol. The zero-order valence-corrected chi connectivity index (χ0v) is 35.6. The maximum Gasteiger partial charge on any atom is 2.00 e. The van der Waals surface area contributed by atoms with Crippen molar-refractivity contribution >= 4 is 69.8 Å². The Morgan fingerprint density at radius 1 is 0.531 bits per heavy atom. The molecule has 0 N–H and O–H groups in total. The van der Waals surface area contributed by atoms with Gasteiger partial charge in [0.15, 0.2) is 0 Å². The second-order valence-corrected chi connectivity index (χ2v) is 16.2. The van der Waals surface area contributed by atoms with Crippen LogP contribution in [0, 0.1) is 6.92 Å².